The van der Waals surface area contributed by atoms with Crippen LogP contribution in [0.5, 0.6) is 0 Å². The second-order valence-electron chi connectivity index (χ2n) is 4.67. The van der Waals surface area contributed by atoms with Crippen molar-refractivity contribution in [1.82, 2.24) is 0 Å². The van der Waals surface area contributed by atoms with Crippen molar-refractivity contribution in [2.75, 3.05) is 0 Å². The molecule has 2 nitrogen and oxygen atoms in total. The van der Waals surface area contributed by atoms with Crippen molar-refractivity contribution in [1.29, 1.82) is 0 Å². The molecule has 3 atom stereocenters. The van der Waals surface area contributed by atoms with Crippen LogP contribution in [0.2, 0.25) is 0 Å². The first-order valence-corrected chi connectivity index (χ1v) is 6.20. The molecule has 16 heavy (non-hydrogen) atoms. The van der Waals surface area contributed by atoms with E-state index in [1.54, 1.807) is 0 Å². The average molecular weight is 220 g/mol. The molecule has 0 spiro atoms. The van der Waals surface area contributed by atoms with Crippen molar-refractivity contribution >= 4 is 0 Å². The second kappa shape index (κ2) is 6.02. The predicted octanol–water partition coefficient (Wildman–Crippen LogP) is 3.72. The third-order valence-corrected chi connectivity index (χ3v) is 3.48. The minimum absolute atomic E-state index is 0.149. The molecule has 0 amide bonds. The number of rotatable bonds is 3. The summed E-state index contributed by atoms with van der Waals surface area (Å²) in [7, 11) is 0. The Kier molecular flexibility index (Phi) is 4.37. The minimum atomic E-state index is -0.149. The first kappa shape index (κ1) is 11.6. The van der Waals surface area contributed by atoms with E-state index in [0.29, 0.717) is 11.8 Å². The molecule has 2 heteroatoms. The Morgan fingerprint density at radius 3 is 2.69 bits per heavy atom. The Labute approximate surface area is 97.2 Å². The minimum Gasteiger partial charge on any atom is -0.251 e. The van der Waals surface area contributed by atoms with Gasteiger partial charge >= 0.3 is 0 Å². The molecule has 0 bridgehead atoms. The molecule has 2 rings (SSSR count). The van der Waals surface area contributed by atoms with E-state index in [-0.39, 0.29) is 6.10 Å². The lowest BCUT2D eigenvalue weighted by Gasteiger charge is -2.23. The Morgan fingerprint density at radius 1 is 1.06 bits per heavy atom. The van der Waals surface area contributed by atoms with Gasteiger partial charge in [-0.05, 0) is 38.0 Å². The first-order chi connectivity index (χ1) is 7.90. The SMILES string of the molecule is OOC1C=CCCC1C=CC1CC=CCC1. The highest BCUT2D eigenvalue weighted by Gasteiger charge is 2.20. The molecule has 0 aromatic heterocycles. The van der Waals surface area contributed by atoms with Gasteiger partial charge in [-0.3, -0.25) is 5.26 Å². The molecular weight excluding hydrogens is 200 g/mol. The molecule has 0 aromatic rings. The summed E-state index contributed by atoms with van der Waals surface area (Å²) in [6.45, 7) is 0. The van der Waals surface area contributed by atoms with Gasteiger partial charge in [0.2, 0.25) is 0 Å². The standard InChI is InChI=1S/C14H20O2/c15-16-14-9-5-4-8-13(14)11-10-12-6-2-1-3-7-12/h1-2,5,9-15H,3-4,6-8H2. The molecule has 0 saturated carbocycles. The molecule has 0 heterocycles. The fourth-order valence-corrected chi connectivity index (χ4v) is 2.44. The van der Waals surface area contributed by atoms with Gasteiger partial charge in [-0.15, -0.1) is 0 Å². The van der Waals surface area contributed by atoms with Crippen molar-refractivity contribution in [2.45, 2.75) is 38.2 Å². The number of hydrogen-bond acceptors (Lipinski definition) is 2. The highest BCUT2D eigenvalue weighted by molar-refractivity contribution is 5.07. The van der Waals surface area contributed by atoms with Crippen LogP contribution >= 0.6 is 0 Å². The average Bonchev–Trinajstić information content (AvgIpc) is 2.38. The van der Waals surface area contributed by atoms with Crippen LogP contribution in [0, 0.1) is 11.8 Å². The van der Waals surface area contributed by atoms with Crippen LogP contribution in [0.4, 0.5) is 0 Å². The van der Waals surface area contributed by atoms with Gasteiger partial charge in [0.25, 0.3) is 0 Å². The molecule has 3 unspecified atom stereocenters. The van der Waals surface area contributed by atoms with E-state index in [9.17, 15) is 0 Å². The van der Waals surface area contributed by atoms with E-state index in [1.807, 2.05) is 6.08 Å². The quantitative estimate of drug-likeness (QED) is 0.446. The van der Waals surface area contributed by atoms with Gasteiger partial charge in [0.1, 0.15) is 6.10 Å². The Bertz CT molecular complexity index is 291. The molecule has 2 aliphatic rings. The largest absolute Gasteiger partial charge is 0.251 e. The maximum absolute atomic E-state index is 8.80. The zero-order valence-electron chi connectivity index (χ0n) is 9.59. The Morgan fingerprint density at radius 2 is 1.94 bits per heavy atom. The lowest BCUT2D eigenvalue weighted by molar-refractivity contribution is -0.274. The summed E-state index contributed by atoms with van der Waals surface area (Å²) in [5.41, 5.74) is 0. The van der Waals surface area contributed by atoms with E-state index >= 15 is 0 Å². The van der Waals surface area contributed by atoms with Gasteiger partial charge in [0.05, 0.1) is 0 Å². The summed E-state index contributed by atoms with van der Waals surface area (Å²) >= 11 is 0. The first-order valence-electron chi connectivity index (χ1n) is 6.20. The molecular formula is C14H20O2. The zero-order valence-corrected chi connectivity index (χ0v) is 9.59. The molecule has 0 saturated heterocycles. The maximum Gasteiger partial charge on any atom is 0.117 e. The van der Waals surface area contributed by atoms with Crippen molar-refractivity contribution < 1.29 is 10.1 Å². The van der Waals surface area contributed by atoms with Gasteiger partial charge in [-0.25, -0.2) is 4.89 Å². The van der Waals surface area contributed by atoms with E-state index in [1.165, 1.54) is 12.8 Å². The summed E-state index contributed by atoms with van der Waals surface area (Å²) < 4.78 is 0. The summed E-state index contributed by atoms with van der Waals surface area (Å²) in [5.74, 6) is 1.01. The fraction of sp³-hybridized carbons (Fsp3) is 0.571. The van der Waals surface area contributed by atoms with Crippen LogP contribution in [0.1, 0.15) is 32.1 Å². The Balaban J connectivity index is 1.89. The highest BCUT2D eigenvalue weighted by atomic mass is 17.1. The second-order valence-corrected chi connectivity index (χ2v) is 4.67. The molecule has 0 radical (unpaired) electrons. The Hall–Kier alpha value is -0.860. The molecule has 1 N–H and O–H groups in total. The smallest absolute Gasteiger partial charge is 0.117 e. The molecule has 88 valence electrons. The van der Waals surface area contributed by atoms with Gasteiger partial charge in [0.15, 0.2) is 0 Å². The van der Waals surface area contributed by atoms with Crippen molar-refractivity contribution in [2.24, 2.45) is 11.8 Å². The predicted molar refractivity (Wildman–Crippen MR) is 65.0 cm³/mol. The summed E-state index contributed by atoms with van der Waals surface area (Å²) in [5, 5.41) is 8.80. The molecule has 0 aromatic carbocycles. The molecule has 0 aliphatic heterocycles. The summed E-state index contributed by atoms with van der Waals surface area (Å²) in [4.78, 5) is 4.49. The molecule has 2 aliphatic carbocycles. The maximum atomic E-state index is 8.80. The summed E-state index contributed by atoms with van der Waals surface area (Å²) in [6.07, 6.45) is 18.7. The van der Waals surface area contributed by atoms with E-state index in [0.717, 1.165) is 19.3 Å². The number of hydrogen-bond donors (Lipinski definition) is 1. The van der Waals surface area contributed by atoms with Crippen LogP contribution in [0.25, 0.3) is 0 Å². The van der Waals surface area contributed by atoms with E-state index < -0.39 is 0 Å². The normalized spacial score (nSPS) is 34.7. The summed E-state index contributed by atoms with van der Waals surface area (Å²) in [6, 6.07) is 0. The van der Waals surface area contributed by atoms with E-state index in [4.69, 9.17) is 5.26 Å². The lowest BCUT2D eigenvalue weighted by atomic mass is 9.88. The zero-order chi connectivity index (χ0) is 11.2. The lowest BCUT2D eigenvalue weighted by Crippen LogP contribution is -2.21. The van der Waals surface area contributed by atoms with Crippen LogP contribution in [0.3, 0.4) is 0 Å². The van der Waals surface area contributed by atoms with Crippen LogP contribution in [-0.2, 0) is 4.89 Å². The van der Waals surface area contributed by atoms with Crippen molar-refractivity contribution in [3.8, 4) is 0 Å². The number of allylic oxidation sites excluding steroid dienone is 4. The van der Waals surface area contributed by atoms with Gasteiger partial charge in [-0.2, -0.15) is 0 Å². The topological polar surface area (TPSA) is 29.5 Å². The van der Waals surface area contributed by atoms with Gasteiger partial charge < -0.3 is 0 Å². The van der Waals surface area contributed by atoms with Gasteiger partial charge in [0, 0.05) is 5.92 Å². The fourth-order valence-electron chi connectivity index (χ4n) is 2.44. The monoisotopic (exact) mass is 220 g/mol. The van der Waals surface area contributed by atoms with E-state index in [2.05, 4.69) is 35.3 Å². The van der Waals surface area contributed by atoms with Gasteiger partial charge in [-0.1, -0.05) is 36.5 Å². The third kappa shape index (κ3) is 3.06. The van der Waals surface area contributed by atoms with Crippen molar-refractivity contribution in [3.63, 3.8) is 0 Å². The van der Waals surface area contributed by atoms with Crippen LogP contribution < -0.4 is 0 Å². The third-order valence-electron chi connectivity index (χ3n) is 3.48. The van der Waals surface area contributed by atoms with Crippen LogP contribution in [0.15, 0.2) is 36.5 Å². The molecule has 0 fully saturated rings. The van der Waals surface area contributed by atoms with Crippen molar-refractivity contribution in [3.05, 3.63) is 36.5 Å². The highest BCUT2D eigenvalue weighted by Crippen LogP contribution is 2.25. The van der Waals surface area contributed by atoms with Crippen LogP contribution in [-0.4, -0.2) is 11.4 Å².